The van der Waals surface area contributed by atoms with E-state index in [4.69, 9.17) is 5.73 Å². The number of unbranched alkanes of at least 4 members (excludes halogenated alkanes) is 1. The van der Waals surface area contributed by atoms with Gasteiger partial charge in [0.25, 0.3) is 0 Å². The molecular weight excluding hydrogens is 583 g/mol. The van der Waals surface area contributed by atoms with E-state index >= 15 is 0 Å². The largest absolute Gasteiger partial charge is 0.338 e. The number of anilines is 1. The maximum atomic E-state index is 14.7. The van der Waals surface area contributed by atoms with Gasteiger partial charge in [-0.2, -0.15) is 5.10 Å². The number of aromatic nitrogens is 6. The normalized spacial score (nSPS) is 12.5. The fourth-order valence-corrected chi connectivity index (χ4v) is 5.71. The van der Waals surface area contributed by atoms with Crippen molar-refractivity contribution in [2.75, 3.05) is 11.6 Å². The summed E-state index contributed by atoms with van der Waals surface area (Å²) in [7, 11) is -3.64. The third-order valence-electron chi connectivity index (χ3n) is 7.33. The molecule has 6 aromatic rings. The van der Waals surface area contributed by atoms with Gasteiger partial charge < -0.3 is 16.0 Å². The van der Waals surface area contributed by atoms with Crippen LogP contribution in [0.4, 0.5) is 10.1 Å². The van der Waals surface area contributed by atoms with Gasteiger partial charge in [0, 0.05) is 41.4 Å². The molecule has 13 heteroatoms. The van der Waals surface area contributed by atoms with Crippen LogP contribution in [0.25, 0.3) is 55.7 Å². The second kappa shape index (κ2) is 11.6. The van der Waals surface area contributed by atoms with Crippen molar-refractivity contribution in [2.45, 2.75) is 31.6 Å². The number of fused-ring (bicyclic) bond motifs is 2. The molecule has 0 aliphatic heterocycles. The van der Waals surface area contributed by atoms with Crippen LogP contribution < -0.4 is 11.1 Å². The van der Waals surface area contributed by atoms with Crippen molar-refractivity contribution in [2.24, 2.45) is 5.73 Å². The molecule has 0 fully saturated rings. The van der Waals surface area contributed by atoms with Crippen LogP contribution in [0.5, 0.6) is 0 Å². The fraction of sp³-hybridized carbons (Fsp3) is 0.194. The summed E-state index contributed by atoms with van der Waals surface area (Å²) in [6, 6.07) is 11.3. The zero-order valence-electron chi connectivity index (χ0n) is 23.9. The Bertz CT molecular complexity index is 2140. The van der Waals surface area contributed by atoms with Crippen molar-refractivity contribution in [3.8, 4) is 33.8 Å². The van der Waals surface area contributed by atoms with Gasteiger partial charge in [0.1, 0.15) is 22.5 Å². The second-order valence-electron chi connectivity index (χ2n) is 10.6. The van der Waals surface area contributed by atoms with Gasteiger partial charge in [-0.25, -0.2) is 17.8 Å². The number of carbonyl (C=O) groups is 1. The molecule has 0 saturated carbocycles. The third kappa shape index (κ3) is 5.79. The summed E-state index contributed by atoms with van der Waals surface area (Å²) < 4.78 is 38.8. The van der Waals surface area contributed by atoms with Crippen molar-refractivity contribution in [3.05, 3.63) is 78.6 Å². The van der Waals surface area contributed by atoms with E-state index in [0.29, 0.717) is 56.9 Å². The number of nitrogens with two attached hydrogens (primary N) is 1. The Hall–Kier alpha value is -5.01. The molecule has 0 spiro atoms. The molecule has 11 nitrogen and oxygen atoms in total. The number of hydrogen-bond acceptors (Lipinski definition) is 8. The highest BCUT2D eigenvalue weighted by atomic mass is 32.2. The summed E-state index contributed by atoms with van der Waals surface area (Å²) in [5, 5.41) is 10.5. The lowest BCUT2D eigenvalue weighted by Crippen LogP contribution is -2.20. The molecule has 0 saturated heterocycles. The molecule has 5 heterocycles. The smallest absolute Gasteiger partial charge is 0.224 e. The van der Waals surface area contributed by atoms with Crippen LogP contribution in [-0.2, 0) is 14.6 Å². The van der Waals surface area contributed by atoms with Crippen LogP contribution in [0, 0.1) is 5.82 Å². The number of sulfone groups is 1. The Morgan fingerprint density at radius 3 is 2.68 bits per heavy atom. The van der Waals surface area contributed by atoms with E-state index in [1.54, 1.807) is 36.9 Å². The monoisotopic (exact) mass is 612 g/mol. The van der Waals surface area contributed by atoms with Crippen molar-refractivity contribution in [3.63, 3.8) is 0 Å². The van der Waals surface area contributed by atoms with Crippen molar-refractivity contribution < 1.29 is 17.6 Å². The van der Waals surface area contributed by atoms with E-state index < -0.39 is 21.0 Å². The molecule has 1 unspecified atom stereocenters. The van der Waals surface area contributed by atoms with E-state index in [1.807, 2.05) is 25.1 Å². The number of amides is 1. The topological polar surface area (TPSA) is 172 Å². The van der Waals surface area contributed by atoms with E-state index in [1.165, 1.54) is 6.07 Å². The standard InChI is InChI=1S/C31H29FN8O3S/c1-3-4-5-28(41)37-21-11-19(14-34-15-21)25-13-24-27(16-36-25)39-40-29(24)26-12-23-22(6-7-35-31(23)38-26)17-8-18(10-20(32)9-17)30(33)44(2,42)43/h6-16,30H,3-5,33H2,1-2H3,(H,35,38)(H,37,41)(H,39,40). The lowest BCUT2D eigenvalue weighted by molar-refractivity contribution is -0.116. The van der Waals surface area contributed by atoms with Crippen LogP contribution in [0.2, 0.25) is 0 Å². The summed E-state index contributed by atoms with van der Waals surface area (Å²) in [5.74, 6) is -0.666. The first-order valence-corrected chi connectivity index (χ1v) is 15.9. The van der Waals surface area contributed by atoms with E-state index in [2.05, 4.69) is 35.5 Å². The Balaban J connectivity index is 1.38. The number of nitrogens with one attached hydrogen (secondary N) is 3. The maximum absolute atomic E-state index is 14.7. The molecule has 0 aliphatic carbocycles. The highest BCUT2D eigenvalue weighted by Gasteiger charge is 2.21. The van der Waals surface area contributed by atoms with Crippen molar-refractivity contribution in [1.82, 2.24) is 30.1 Å². The first-order valence-electron chi connectivity index (χ1n) is 13.9. The zero-order chi connectivity index (χ0) is 31.0. The first kappa shape index (κ1) is 29.1. The molecule has 44 heavy (non-hydrogen) atoms. The summed E-state index contributed by atoms with van der Waals surface area (Å²) in [6.45, 7) is 2.03. The molecule has 0 bridgehead atoms. The number of rotatable bonds is 9. The molecule has 224 valence electrons. The molecule has 0 radical (unpaired) electrons. The average Bonchev–Trinajstić information content (AvgIpc) is 3.62. The SMILES string of the molecule is CCCCC(=O)Nc1cncc(-c2cc3c(-c4cc5c(-c6cc(F)cc(C(N)S(C)(=O)=O)c6)ccnc5[nH]4)n[nH]c3cn2)c1. The zero-order valence-corrected chi connectivity index (χ0v) is 24.7. The van der Waals surface area contributed by atoms with Crippen molar-refractivity contribution >= 4 is 43.4 Å². The van der Waals surface area contributed by atoms with Gasteiger partial charge in [-0.3, -0.25) is 19.9 Å². The van der Waals surface area contributed by atoms with E-state index in [-0.39, 0.29) is 11.5 Å². The highest BCUT2D eigenvalue weighted by molar-refractivity contribution is 7.90. The van der Waals surface area contributed by atoms with Gasteiger partial charge >= 0.3 is 0 Å². The minimum Gasteiger partial charge on any atom is -0.338 e. The third-order valence-corrected chi connectivity index (χ3v) is 8.53. The number of hydrogen-bond donors (Lipinski definition) is 4. The number of benzene rings is 1. The van der Waals surface area contributed by atoms with Gasteiger partial charge in [-0.05, 0) is 65.6 Å². The Kier molecular flexibility index (Phi) is 7.66. The quantitative estimate of drug-likeness (QED) is 0.166. The fourth-order valence-electron chi connectivity index (χ4n) is 5.07. The van der Waals surface area contributed by atoms with Crippen LogP contribution in [0.1, 0.15) is 37.1 Å². The summed E-state index contributed by atoms with van der Waals surface area (Å²) >= 11 is 0. The van der Waals surface area contributed by atoms with Gasteiger partial charge in [0.05, 0.1) is 35.0 Å². The molecule has 1 aromatic carbocycles. The lowest BCUT2D eigenvalue weighted by atomic mass is 10.0. The van der Waals surface area contributed by atoms with Crippen LogP contribution >= 0.6 is 0 Å². The summed E-state index contributed by atoms with van der Waals surface area (Å²) in [4.78, 5) is 28.8. The van der Waals surface area contributed by atoms with Gasteiger partial charge in [0.15, 0.2) is 9.84 Å². The Morgan fingerprint density at radius 2 is 1.89 bits per heavy atom. The first-order chi connectivity index (χ1) is 21.1. The molecule has 6 rings (SSSR count). The van der Waals surface area contributed by atoms with E-state index in [0.717, 1.165) is 36.1 Å². The summed E-state index contributed by atoms with van der Waals surface area (Å²) in [6.07, 6.45) is 9.75. The van der Waals surface area contributed by atoms with Crippen LogP contribution in [-0.4, -0.2) is 50.7 Å². The molecule has 5 N–H and O–H groups in total. The second-order valence-corrected chi connectivity index (χ2v) is 12.8. The number of H-pyrrole nitrogens is 2. The Morgan fingerprint density at radius 1 is 1.05 bits per heavy atom. The molecular formula is C31H29FN8O3S. The Labute approximate surface area is 252 Å². The predicted molar refractivity (Wildman–Crippen MR) is 168 cm³/mol. The number of carbonyl (C=O) groups excluding carboxylic acids is 1. The minimum absolute atomic E-state index is 0.0640. The number of nitrogens with zero attached hydrogens (tertiary/aromatic N) is 4. The number of aromatic amines is 2. The van der Waals surface area contributed by atoms with E-state index in [9.17, 15) is 17.6 Å². The predicted octanol–water partition coefficient (Wildman–Crippen LogP) is 5.50. The molecule has 1 atom stereocenters. The molecule has 1 amide bonds. The van der Waals surface area contributed by atoms with Crippen molar-refractivity contribution in [1.29, 1.82) is 0 Å². The lowest BCUT2D eigenvalue weighted by Gasteiger charge is -2.12. The van der Waals surface area contributed by atoms with Crippen LogP contribution in [0.3, 0.4) is 0 Å². The van der Waals surface area contributed by atoms with Crippen LogP contribution in [0.15, 0.2) is 67.3 Å². The number of pyridine rings is 3. The minimum atomic E-state index is -3.64. The van der Waals surface area contributed by atoms with Gasteiger partial charge in [0.2, 0.25) is 5.91 Å². The average molecular weight is 613 g/mol. The van der Waals surface area contributed by atoms with Gasteiger partial charge in [-0.15, -0.1) is 0 Å². The molecule has 0 aliphatic rings. The molecule has 5 aromatic heterocycles. The summed E-state index contributed by atoms with van der Waals surface area (Å²) in [5.41, 5.74) is 11.6. The van der Waals surface area contributed by atoms with Gasteiger partial charge in [-0.1, -0.05) is 13.3 Å². The highest BCUT2D eigenvalue weighted by Crippen LogP contribution is 2.35. The number of halogens is 1. The maximum Gasteiger partial charge on any atom is 0.224 e.